The summed E-state index contributed by atoms with van der Waals surface area (Å²) in [5, 5.41) is 0.766. The zero-order valence-electron chi connectivity index (χ0n) is 10.8. The van der Waals surface area contributed by atoms with Crippen molar-refractivity contribution in [2.75, 3.05) is 5.73 Å². The fraction of sp³-hybridized carbons (Fsp3) is 0.200. The normalized spacial score (nSPS) is 10.5. The van der Waals surface area contributed by atoms with Gasteiger partial charge >= 0.3 is 0 Å². The highest BCUT2D eigenvalue weighted by Gasteiger charge is 2.07. The lowest BCUT2D eigenvalue weighted by atomic mass is 10.1. The molecule has 0 heterocycles. The first-order valence-corrected chi connectivity index (χ1v) is 7.20. The molecule has 0 aliphatic rings. The van der Waals surface area contributed by atoms with Crippen LogP contribution in [0.15, 0.2) is 34.8 Å². The van der Waals surface area contributed by atoms with Crippen LogP contribution in [0, 0.1) is 6.92 Å². The smallest absolute Gasteiger partial charge is 0.142 e. The van der Waals surface area contributed by atoms with Crippen molar-refractivity contribution in [3.8, 4) is 11.5 Å². The maximum atomic E-state index is 6.10. The predicted molar refractivity (Wildman–Crippen MR) is 84.2 cm³/mol. The van der Waals surface area contributed by atoms with E-state index >= 15 is 0 Å². The number of anilines is 1. The maximum Gasteiger partial charge on any atom is 0.142 e. The fourth-order valence-electron chi connectivity index (χ4n) is 1.76. The van der Waals surface area contributed by atoms with Gasteiger partial charge in [0.2, 0.25) is 0 Å². The van der Waals surface area contributed by atoms with Gasteiger partial charge in [0.15, 0.2) is 0 Å². The lowest BCUT2D eigenvalue weighted by Crippen LogP contribution is -1.93. The Labute approximate surface area is 126 Å². The molecule has 100 valence electrons. The topological polar surface area (TPSA) is 35.2 Å². The average molecular weight is 341 g/mol. The van der Waals surface area contributed by atoms with Crippen LogP contribution in [0.2, 0.25) is 5.02 Å². The Hall–Kier alpha value is -1.19. The molecular weight excluding hydrogens is 326 g/mol. The van der Waals surface area contributed by atoms with E-state index in [4.69, 9.17) is 22.1 Å². The van der Waals surface area contributed by atoms with E-state index in [1.807, 2.05) is 37.3 Å². The van der Waals surface area contributed by atoms with E-state index in [0.29, 0.717) is 0 Å². The third kappa shape index (κ3) is 3.23. The summed E-state index contributed by atoms with van der Waals surface area (Å²) in [6.07, 6.45) is 0.873. The van der Waals surface area contributed by atoms with Gasteiger partial charge in [-0.15, -0.1) is 0 Å². The van der Waals surface area contributed by atoms with Crippen molar-refractivity contribution in [2.45, 2.75) is 20.3 Å². The molecule has 2 N–H and O–H groups in total. The van der Waals surface area contributed by atoms with Crippen molar-refractivity contribution in [3.05, 3.63) is 51.0 Å². The van der Waals surface area contributed by atoms with Gasteiger partial charge in [0, 0.05) is 10.7 Å². The molecule has 2 aromatic carbocycles. The summed E-state index contributed by atoms with van der Waals surface area (Å²) in [4.78, 5) is 0. The number of ether oxygens (including phenoxy) is 1. The van der Waals surface area contributed by atoms with E-state index in [0.717, 1.165) is 44.2 Å². The van der Waals surface area contributed by atoms with Crippen LogP contribution >= 0.6 is 27.5 Å². The van der Waals surface area contributed by atoms with Crippen LogP contribution in [0.4, 0.5) is 5.69 Å². The largest absolute Gasteiger partial charge is 0.456 e. The van der Waals surface area contributed by atoms with Gasteiger partial charge in [-0.05, 0) is 70.7 Å². The highest BCUT2D eigenvalue weighted by Crippen LogP contribution is 2.34. The minimum Gasteiger partial charge on any atom is -0.456 e. The molecule has 4 heteroatoms. The number of rotatable bonds is 3. The minimum atomic E-state index is 0.740. The molecule has 0 radical (unpaired) electrons. The third-order valence-corrected chi connectivity index (χ3v) is 3.93. The second kappa shape index (κ2) is 5.85. The van der Waals surface area contributed by atoms with Crippen molar-refractivity contribution < 1.29 is 4.74 Å². The Morgan fingerprint density at radius 1 is 1.26 bits per heavy atom. The molecule has 0 aliphatic carbocycles. The van der Waals surface area contributed by atoms with Gasteiger partial charge in [-0.1, -0.05) is 18.5 Å². The second-order valence-corrected chi connectivity index (χ2v) is 5.61. The lowest BCUT2D eigenvalue weighted by molar-refractivity contribution is 0.478. The summed E-state index contributed by atoms with van der Waals surface area (Å²) in [5.74, 6) is 1.52. The Bertz CT molecular complexity index is 613. The standard InChI is InChI=1S/C15H15BrClNO/c1-3-10-7-11(4-5-13(10)17)19-15-6-9(2)14(18)8-12(15)16/h4-8H,3,18H2,1-2H3. The van der Waals surface area contributed by atoms with Crippen molar-refractivity contribution in [2.24, 2.45) is 0 Å². The Balaban J connectivity index is 2.33. The lowest BCUT2D eigenvalue weighted by Gasteiger charge is -2.11. The van der Waals surface area contributed by atoms with Gasteiger partial charge < -0.3 is 10.5 Å². The van der Waals surface area contributed by atoms with Crippen LogP contribution < -0.4 is 10.5 Å². The zero-order chi connectivity index (χ0) is 14.0. The van der Waals surface area contributed by atoms with Crippen LogP contribution in [0.25, 0.3) is 0 Å². The molecule has 0 fully saturated rings. The van der Waals surface area contributed by atoms with Crippen molar-refractivity contribution in [1.29, 1.82) is 0 Å². The Kier molecular flexibility index (Phi) is 4.38. The van der Waals surface area contributed by atoms with E-state index in [2.05, 4.69) is 22.9 Å². The third-order valence-electron chi connectivity index (χ3n) is 2.95. The molecule has 0 spiro atoms. The van der Waals surface area contributed by atoms with Gasteiger partial charge in [-0.25, -0.2) is 0 Å². The van der Waals surface area contributed by atoms with Crippen LogP contribution in [0.1, 0.15) is 18.1 Å². The van der Waals surface area contributed by atoms with Crippen molar-refractivity contribution in [3.63, 3.8) is 0 Å². The number of nitrogens with two attached hydrogens (primary N) is 1. The summed E-state index contributed by atoms with van der Waals surface area (Å²) in [6, 6.07) is 9.44. The molecule has 0 atom stereocenters. The highest BCUT2D eigenvalue weighted by atomic mass is 79.9. The molecule has 0 unspecified atom stereocenters. The Morgan fingerprint density at radius 3 is 2.68 bits per heavy atom. The van der Waals surface area contributed by atoms with Gasteiger partial charge in [0.25, 0.3) is 0 Å². The number of hydrogen-bond acceptors (Lipinski definition) is 2. The van der Waals surface area contributed by atoms with E-state index in [-0.39, 0.29) is 0 Å². The van der Waals surface area contributed by atoms with Crippen LogP contribution in [0.5, 0.6) is 11.5 Å². The quantitative estimate of drug-likeness (QED) is 0.765. The first kappa shape index (κ1) is 14.2. The van der Waals surface area contributed by atoms with E-state index < -0.39 is 0 Å². The summed E-state index contributed by atoms with van der Waals surface area (Å²) in [6.45, 7) is 4.02. The fourth-order valence-corrected chi connectivity index (χ4v) is 2.45. The summed E-state index contributed by atoms with van der Waals surface area (Å²) in [7, 11) is 0. The van der Waals surface area contributed by atoms with E-state index in [1.54, 1.807) is 0 Å². The number of hydrogen-bond donors (Lipinski definition) is 1. The van der Waals surface area contributed by atoms with Crippen LogP contribution in [-0.4, -0.2) is 0 Å². The zero-order valence-corrected chi connectivity index (χ0v) is 13.2. The summed E-state index contributed by atoms with van der Waals surface area (Å²) < 4.78 is 6.72. The average Bonchev–Trinajstić information content (AvgIpc) is 2.38. The SMILES string of the molecule is CCc1cc(Oc2cc(C)c(N)cc2Br)ccc1Cl. The summed E-state index contributed by atoms with van der Waals surface area (Å²) >= 11 is 9.55. The molecule has 0 aromatic heterocycles. The van der Waals surface area contributed by atoms with Gasteiger partial charge in [0.1, 0.15) is 11.5 Å². The predicted octanol–water partition coefficient (Wildman–Crippen LogP) is 5.35. The first-order chi connectivity index (χ1) is 9.01. The van der Waals surface area contributed by atoms with E-state index in [9.17, 15) is 0 Å². The number of aryl methyl sites for hydroxylation is 2. The van der Waals surface area contributed by atoms with Gasteiger partial charge in [-0.2, -0.15) is 0 Å². The highest BCUT2D eigenvalue weighted by molar-refractivity contribution is 9.10. The molecular formula is C15H15BrClNO. The molecule has 0 bridgehead atoms. The van der Waals surface area contributed by atoms with Crippen molar-refractivity contribution in [1.82, 2.24) is 0 Å². The molecule has 0 saturated heterocycles. The first-order valence-electron chi connectivity index (χ1n) is 6.03. The molecule has 0 aliphatic heterocycles. The molecule has 2 aromatic rings. The summed E-state index contributed by atoms with van der Waals surface area (Å²) in [5.41, 5.74) is 8.65. The number of nitrogen functional groups attached to an aromatic ring is 1. The number of halogens is 2. The Morgan fingerprint density at radius 2 is 2.00 bits per heavy atom. The molecule has 0 saturated carbocycles. The van der Waals surface area contributed by atoms with Crippen LogP contribution in [0.3, 0.4) is 0 Å². The molecule has 0 amide bonds. The molecule has 2 rings (SSSR count). The van der Waals surface area contributed by atoms with Crippen LogP contribution in [-0.2, 0) is 6.42 Å². The van der Waals surface area contributed by atoms with Crippen molar-refractivity contribution >= 4 is 33.2 Å². The minimum absolute atomic E-state index is 0.740. The molecule has 19 heavy (non-hydrogen) atoms. The van der Waals surface area contributed by atoms with E-state index in [1.165, 1.54) is 0 Å². The van der Waals surface area contributed by atoms with Gasteiger partial charge in [0.05, 0.1) is 4.47 Å². The van der Waals surface area contributed by atoms with Gasteiger partial charge in [-0.3, -0.25) is 0 Å². The second-order valence-electron chi connectivity index (χ2n) is 4.35. The monoisotopic (exact) mass is 339 g/mol. The molecule has 2 nitrogen and oxygen atoms in total. The number of benzene rings is 2. The maximum absolute atomic E-state index is 6.10.